The Kier molecular flexibility index (Phi) is 4.23. The zero-order valence-corrected chi connectivity index (χ0v) is 12.5. The molecule has 5 nitrogen and oxygen atoms in total. The summed E-state index contributed by atoms with van der Waals surface area (Å²) in [5.41, 5.74) is 1.24. The number of methoxy groups -OCH3 is 1. The number of urea groups is 1. The summed E-state index contributed by atoms with van der Waals surface area (Å²) < 4.78 is 5.18. The molecule has 0 aliphatic carbocycles. The highest BCUT2D eigenvalue weighted by Gasteiger charge is 2.27. The molecule has 5 heteroatoms. The molecule has 3 rings (SSSR count). The Balaban J connectivity index is 1.60. The number of ether oxygens (including phenoxy) is 1. The second-order valence-corrected chi connectivity index (χ2v) is 5.35. The van der Waals surface area contributed by atoms with Crippen molar-refractivity contribution >= 4 is 11.8 Å². The number of benzene rings is 1. The molecule has 1 saturated heterocycles. The average Bonchev–Trinajstić information content (AvgIpc) is 3.06. The van der Waals surface area contributed by atoms with Crippen molar-refractivity contribution in [1.29, 1.82) is 0 Å². The summed E-state index contributed by atoms with van der Waals surface area (Å²) in [4.78, 5) is 18.2. The van der Waals surface area contributed by atoms with Crippen molar-refractivity contribution in [3.63, 3.8) is 0 Å². The molecule has 2 amide bonds. The third-order valence-electron chi connectivity index (χ3n) is 3.96. The van der Waals surface area contributed by atoms with Crippen LogP contribution in [-0.4, -0.2) is 36.1 Å². The molecule has 1 aromatic heterocycles. The second-order valence-electron chi connectivity index (χ2n) is 5.35. The Labute approximate surface area is 129 Å². The number of hydrogen-bond donors (Lipinski definition) is 1. The van der Waals surface area contributed by atoms with Crippen LogP contribution in [0.4, 0.5) is 10.6 Å². The number of likely N-dealkylation sites (tertiary alicyclic amines) is 1. The summed E-state index contributed by atoms with van der Waals surface area (Å²) in [6.07, 6.45) is 2.64. The van der Waals surface area contributed by atoms with Crippen LogP contribution in [0.25, 0.3) is 0 Å². The lowest BCUT2D eigenvalue weighted by atomic mass is 9.98. The molecule has 1 aromatic carbocycles. The second kappa shape index (κ2) is 6.47. The number of carbonyl (C=O) groups excluding carboxylic acids is 1. The van der Waals surface area contributed by atoms with E-state index < -0.39 is 0 Å². The van der Waals surface area contributed by atoms with Gasteiger partial charge >= 0.3 is 6.03 Å². The maximum atomic E-state index is 12.2. The lowest BCUT2D eigenvalue weighted by molar-refractivity contribution is 0.222. The van der Waals surface area contributed by atoms with Crippen molar-refractivity contribution in [2.75, 3.05) is 25.5 Å². The highest BCUT2D eigenvalue weighted by molar-refractivity contribution is 5.88. The number of pyridine rings is 1. The molecule has 0 bridgehead atoms. The molecule has 1 atom stereocenters. The van der Waals surface area contributed by atoms with Crippen LogP contribution in [0.1, 0.15) is 17.9 Å². The Hall–Kier alpha value is -2.56. The predicted molar refractivity (Wildman–Crippen MR) is 85.2 cm³/mol. The Bertz CT molecular complexity index is 628. The molecule has 0 radical (unpaired) electrons. The van der Waals surface area contributed by atoms with Gasteiger partial charge in [0.25, 0.3) is 0 Å². The first-order valence-electron chi connectivity index (χ1n) is 7.37. The minimum absolute atomic E-state index is 0.0882. The molecule has 0 saturated carbocycles. The smallest absolute Gasteiger partial charge is 0.323 e. The number of aromatic nitrogens is 1. The van der Waals surface area contributed by atoms with Gasteiger partial charge in [0.1, 0.15) is 11.6 Å². The van der Waals surface area contributed by atoms with Crippen LogP contribution in [0, 0.1) is 0 Å². The molecule has 2 aromatic rings. The molecule has 1 aliphatic heterocycles. The summed E-state index contributed by atoms with van der Waals surface area (Å²) in [5, 5.41) is 2.83. The molecule has 22 heavy (non-hydrogen) atoms. The molecular weight excluding hydrogens is 278 g/mol. The van der Waals surface area contributed by atoms with E-state index in [9.17, 15) is 4.79 Å². The SMILES string of the molecule is COc1ccc(C2CCN(C(=O)Nc3ccccn3)C2)cc1. The quantitative estimate of drug-likeness (QED) is 0.947. The van der Waals surface area contributed by atoms with E-state index in [1.54, 1.807) is 19.4 Å². The average molecular weight is 297 g/mol. The predicted octanol–water partition coefficient (Wildman–Crippen LogP) is 3.11. The van der Waals surface area contributed by atoms with Crippen molar-refractivity contribution in [1.82, 2.24) is 9.88 Å². The molecule has 2 heterocycles. The first-order valence-corrected chi connectivity index (χ1v) is 7.37. The van der Waals surface area contributed by atoms with Crippen molar-refractivity contribution in [3.8, 4) is 5.75 Å². The topological polar surface area (TPSA) is 54.5 Å². The van der Waals surface area contributed by atoms with Gasteiger partial charge in [-0.1, -0.05) is 18.2 Å². The lowest BCUT2D eigenvalue weighted by Gasteiger charge is -2.17. The van der Waals surface area contributed by atoms with Crippen LogP contribution in [0.3, 0.4) is 0 Å². The van der Waals surface area contributed by atoms with E-state index in [0.29, 0.717) is 11.7 Å². The van der Waals surface area contributed by atoms with Gasteiger partial charge in [-0.05, 0) is 36.2 Å². The first-order chi connectivity index (χ1) is 10.8. The Morgan fingerprint density at radius 2 is 2.09 bits per heavy atom. The molecular formula is C17H19N3O2. The van der Waals surface area contributed by atoms with Crippen LogP contribution in [0.5, 0.6) is 5.75 Å². The van der Waals surface area contributed by atoms with Gasteiger partial charge in [-0.2, -0.15) is 0 Å². The van der Waals surface area contributed by atoms with E-state index in [-0.39, 0.29) is 6.03 Å². The van der Waals surface area contributed by atoms with Crippen molar-refractivity contribution in [3.05, 3.63) is 54.2 Å². The monoisotopic (exact) mass is 297 g/mol. The summed E-state index contributed by atoms with van der Waals surface area (Å²) in [6, 6.07) is 13.5. The van der Waals surface area contributed by atoms with Crippen LogP contribution in [0.15, 0.2) is 48.7 Å². The number of nitrogens with one attached hydrogen (secondary N) is 1. The van der Waals surface area contributed by atoms with E-state index in [1.807, 2.05) is 29.2 Å². The highest BCUT2D eigenvalue weighted by Crippen LogP contribution is 2.28. The van der Waals surface area contributed by atoms with Gasteiger partial charge in [-0.3, -0.25) is 5.32 Å². The van der Waals surface area contributed by atoms with Gasteiger partial charge in [0.2, 0.25) is 0 Å². The maximum absolute atomic E-state index is 12.2. The fourth-order valence-electron chi connectivity index (χ4n) is 2.72. The first kappa shape index (κ1) is 14.4. The van der Waals surface area contributed by atoms with Gasteiger partial charge in [-0.15, -0.1) is 0 Å². The van der Waals surface area contributed by atoms with E-state index in [2.05, 4.69) is 22.4 Å². The van der Waals surface area contributed by atoms with Gasteiger partial charge in [0, 0.05) is 25.2 Å². The Morgan fingerprint density at radius 3 is 2.77 bits per heavy atom. The van der Waals surface area contributed by atoms with Crippen molar-refractivity contribution in [2.45, 2.75) is 12.3 Å². The largest absolute Gasteiger partial charge is 0.497 e. The van der Waals surface area contributed by atoms with E-state index in [1.165, 1.54) is 5.56 Å². The maximum Gasteiger partial charge on any atom is 0.323 e. The molecule has 1 fully saturated rings. The van der Waals surface area contributed by atoms with Gasteiger partial charge < -0.3 is 9.64 Å². The number of anilines is 1. The third kappa shape index (κ3) is 3.19. The fraction of sp³-hybridized carbons (Fsp3) is 0.294. The number of hydrogen-bond acceptors (Lipinski definition) is 3. The van der Waals surface area contributed by atoms with Crippen molar-refractivity contribution < 1.29 is 9.53 Å². The molecule has 1 unspecified atom stereocenters. The fourth-order valence-corrected chi connectivity index (χ4v) is 2.72. The molecule has 1 aliphatic rings. The molecule has 1 N–H and O–H groups in total. The molecule has 0 spiro atoms. The van der Waals surface area contributed by atoms with E-state index >= 15 is 0 Å². The zero-order valence-electron chi connectivity index (χ0n) is 12.5. The number of carbonyl (C=O) groups is 1. The van der Waals surface area contributed by atoms with Crippen LogP contribution in [0.2, 0.25) is 0 Å². The summed E-state index contributed by atoms with van der Waals surface area (Å²) in [6.45, 7) is 1.49. The van der Waals surface area contributed by atoms with Crippen molar-refractivity contribution in [2.24, 2.45) is 0 Å². The minimum Gasteiger partial charge on any atom is -0.497 e. The summed E-state index contributed by atoms with van der Waals surface area (Å²) >= 11 is 0. The Morgan fingerprint density at radius 1 is 1.27 bits per heavy atom. The van der Waals surface area contributed by atoms with Gasteiger partial charge in [0.15, 0.2) is 0 Å². The third-order valence-corrected chi connectivity index (χ3v) is 3.96. The van der Waals surface area contributed by atoms with E-state index in [0.717, 1.165) is 25.3 Å². The van der Waals surface area contributed by atoms with E-state index in [4.69, 9.17) is 4.74 Å². The normalized spacial score (nSPS) is 17.3. The minimum atomic E-state index is -0.0882. The molecule has 114 valence electrons. The number of rotatable bonds is 3. The van der Waals surface area contributed by atoms with Gasteiger partial charge in [0.05, 0.1) is 7.11 Å². The standard InChI is InChI=1S/C17H19N3O2/c1-22-15-7-5-13(6-8-15)14-9-11-20(12-14)17(21)19-16-4-2-3-10-18-16/h2-8,10,14H,9,11-12H2,1H3,(H,18,19,21). The zero-order chi connectivity index (χ0) is 15.4. The lowest BCUT2D eigenvalue weighted by Crippen LogP contribution is -2.33. The summed E-state index contributed by atoms with van der Waals surface area (Å²) in [7, 11) is 1.66. The number of amides is 2. The number of nitrogens with zero attached hydrogens (tertiary/aromatic N) is 2. The van der Waals surface area contributed by atoms with Crippen LogP contribution in [-0.2, 0) is 0 Å². The van der Waals surface area contributed by atoms with Crippen LogP contribution < -0.4 is 10.1 Å². The van der Waals surface area contributed by atoms with Gasteiger partial charge in [-0.25, -0.2) is 9.78 Å². The highest BCUT2D eigenvalue weighted by atomic mass is 16.5. The van der Waals surface area contributed by atoms with Crippen LogP contribution >= 0.6 is 0 Å². The summed E-state index contributed by atoms with van der Waals surface area (Å²) in [5.74, 6) is 1.81.